The molecule has 0 radical (unpaired) electrons. The van der Waals surface area contributed by atoms with Crippen molar-refractivity contribution >= 4 is 45.7 Å². The maximum Gasteiger partial charge on any atom is 0.329 e. The van der Waals surface area contributed by atoms with Gasteiger partial charge in [0.1, 0.15) is 5.75 Å². The number of hydrogen-bond acceptors (Lipinski definition) is 5. The summed E-state index contributed by atoms with van der Waals surface area (Å²) in [5, 5.41) is 5.02. The maximum atomic E-state index is 13.8. The molecule has 3 unspecified atom stereocenters. The summed E-state index contributed by atoms with van der Waals surface area (Å²) in [5.41, 5.74) is 1.93. The van der Waals surface area contributed by atoms with Crippen LogP contribution in [0.2, 0.25) is 5.02 Å². The molecule has 6 rings (SSSR count). The fraction of sp³-hybridized carbons (Fsp3) is 0.393. The zero-order valence-electron chi connectivity index (χ0n) is 20.8. The van der Waals surface area contributed by atoms with E-state index in [1.807, 2.05) is 6.07 Å². The van der Waals surface area contributed by atoms with Gasteiger partial charge in [0, 0.05) is 46.7 Å². The van der Waals surface area contributed by atoms with Crippen LogP contribution in [0.3, 0.4) is 0 Å². The largest absolute Gasteiger partial charge is 0.497 e. The molecule has 0 bridgehead atoms. The van der Waals surface area contributed by atoms with E-state index >= 15 is 0 Å². The minimum absolute atomic E-state index is 0.0823. The lowest BCUT2D eigenvalue weighted by Crippen LogP contribution is -2.61. The molecule has 10 heteroatoms. The number of nitrogens with zero attached hydrogens (tertiary/aromatic N) is 3. The summed E-state index contributed by atoms with van der Waals surface area (Å²) in [6, 6.07) is 10.0. The van der Waals surface area contributed by atoms with Crippen molar-refractivity contribution in [1.82, 2.24) is 10.3 Å². The SMILES string of the molecule is COc1ccc(Cl)c(C2CCC3C(=O)N(c4cncc5ccc(N6CCC(F)(F)C6)cc45)C(=O)NC3C2)c1. The highest BCUT2D eigenvalue weighted by Gasteiger charge is 2.46. The number of ether oxygens (including phenoxy) is 1. The minimum atomic E-state index is -2.73. The Kier molecular flexibility index (Phi) is 6.13. The number of alkyl halides is 2. The Labute approximate surface area is 223 Å². The number of benzene rings is 2. The lowest BCUT2D eigenvalue weighted by atomic mass is 9.74. The van der Waals surface area contributed by atoms with E-state index < -0.39 is 12.0 Å². The van der Waals surface area contributed by atoms with E-state index in [0.717, 1.165) is 22.3 Å². The number of amides is 3. The monoisotopic (exact) mass is 540 g/mol. The highest BCUT2D eigenvalue weighted by Crippen LogP contribution is 2.43. The number of anilines is 2. The molecule has 38 heavy (non-hydrogen) atoms. The number of nitrogens with one attached hydrogen (secondary N) is 1. The van der Waals surface area contributed by atoms with Gasteiger partial charge in [-0.2, -0.15) is 0 Å². The molecule has 7 nitrogen and oxygen atoms in total. The van der Waals surface area contributed by atoms with Crippen molar-refractivity contribution in [1.29, 1.82) is 0 Å². The summed E-state index contributed by atoms with van der Waals surface area (Å²) < 4.78 is 33.1. The third kappa shape index (κ3) is 4.32. The van der Waals surface area contributed by atoms with E-state index in [4.69, 9.17) is 16.3 Å². The summed E-state index contributed by atoms with van der Waals surface area (Å²) in [6.45, 7) is -0.117. The average Bonchev–Trinajstić information content (AvgIpc) is 3.28. The number of pyridine rings is 1. The first kappa shape index (κ1) is 24.9. The Morgan fingerprint density at radius 2 is 1.97 bits per heavy atom. The van der Waals surface area contributed by atoms with Crippen LogP contribution in [0.1, 0.15) is 37.2 Å². The standard InChI is InChI=1S/C28H27ClF2N4O3/c1-38-19-5-7-23(29)21(12-19)16-3-6-20-24(10-16)33-27(37)35(26(20)36)25-14-32-13-17-2-4-18(11-22(17)25)34-9-8-28(30,31)15-34/h2,4-5,7,11-14,16,20,24H,3,6,8-10,15H2,1H3,(H,33,37). The Balaban J connectivity index is 1.28. The summed E-state index contributed by atoms with van der Waals surface area (Å²) in [7, 11) is 1.60. The predicted molar refractivity (Wildman–Crippen MR) is 141 cm³/mol. The van der Waals surface area contributed by atoms with Gasteiger partial charge < -0.3 is 15.0 Å². The molecule has 1 aromatic heterocycles. The van der Waals surface area contributed by atoms with Crippen LogP contribution in [0.15, 0.2) is 48.8 Å². The first-order valence-corrected chi connectivity index (χ1v) is 13.1. The van der Waals surface area contributed by atoms with Crippen LogP contribution >= 0.6 is 11.6 Å². The number of fused-ring (bicyclic) bond motifs is 2. The number of aromatic nitrogens is 1. The first-order chi connectivity index (χ1) is 18.2. The second kappa shape index (κ2) is 9.38. The second-order valence-electron chi connectivity index (χ2n) is 10.3. The first-order valence-electron chi connectivity index (χ1n) is 12.7. The number of halogens is 3. The van der Waals surface area contributed by atoms with Crippen LogP contribution in [0, 0.1) is 5.92 Å². The summed E-state index contributed by atoms with van der Waals surface area (Å²) in [6.07, 6.45) is 4.84. The van der Waals surface area contributed by atoms with E-state index in [9.17, 15) is 18.4 Å². The van der Waals surface area contributed by atoms with Crippen LogP contribution < -0.4 is 19.9 Å². The van der Waals surface area contributed by atoms with E-state index in [-0.39, 0.29) is 43.3 Å². The molecule has 1 aliphatic carbocycles. The topological polar surface area (TPSA) is 74.8 Å². The lowest BCUT2D eigenvalue weighted by Gasteiger charge is -2.42. The third-order valence-corrected chi connectivity index (χ3v) is 8.39. The van der Waals surface area contributed by atoms with Gasteiger partial charge in [0.25, 0.3) is 5.92 Å². The lowest BCUT2D eigenvalue weighted by molar-refractivity contribution is -0.124. The van der Waals surface area contributed by atoms with Crippen LogP contribution in [0.5, 0.6) is 5.75 Å². The van der Waals surface area contributed by atoms with Gasteiger partial charge in [-0.25, -0.2) is 18.5 Å². The number of carbonyl (C=O) groups is 2. The fourth-order valence-electron chi connectivity index (χ4n) is 6.05. The van der Waals surface area contributed by atoms with Gasteiger partial charge in [0.05, 0.1) is 31.5 Å². The van der Waals surface area contributed by atoms with Crippen LogP contribution in [-0.2, 0) is 4.79 Å². The van der Waals surface area contributed by atoms with E-state index in [0.29, 0.717) is 40.4 Å². The van der Waals surface area contributed by atoms with Gasteiger partial charge in [-0.1, -0.05) is 17.7 Å². The van der Waals surface area contributed by atoms with Gasteiger partial charge >= 0.3 is 6.03 Å². The zero-order chi connectivity index (χ0) is 26.6. The number of urea groups is 1. The second-order valence-corrected chi connectivity index (χ2v) is 10.7. The van der Waals surface area contributed by atoms with Gasteiger partial charge in [-0.3, -0.25) is 9.78 Å². The summed E-state index contributed by atoms with van der Waals surface area (Å²) in [5.74, 6) is -2.60. The molecule has 2 aliphatic heterocycles. The molecule has 2 aromatic carbocycles. The maximum absolute atomic E-state index is 13.8. The van der Waals surface area contributed by atoms with Crippen molar-refractivity contribution in [3.63, 3.8) is 0 Å². The van der Waals surface area contributed by atoms with E-state index in [1.54, 1.807) is 48.5 Å². The normalized spacial score (nSPS) is 24.9. The molecular formula is C28H27ClF2N4O3. The molecule has 3 fully saturated rings. The van der Waals surface area contributed by atoms with E-state index in [1.165, 1.54) is 6.20 Å². The van der Waals surface area contributed by atoms with Crippen molar-refractivity contribution in [2.75, 3.05) is 30.0 Å². The van der Waals surface area contributed by atoms with Gasteiger partial charge in [-0.05, 0) is 61.1 Å². The zero-order valence-corrected chi connectivity index (χ0v) is 21.5. The molecule has 3 aromatic rings. The smallest absolute Gasteiger partial charge is 0.329 e. The minimum Gasteiger partial charge on any atom is -0.497 e. The molecule has 1 saturated carbocycles. The van der Waals surface area contributed by atoms with Crippen molar-refractivity contribution in [3.8, 4) is 5.75 Å². The Morgan fingerprint density at radius 3 is 2.74 bits per heavy atom. The van der Waals surface area contributed by atoms with Crippen molar-refractivity contribution in [2.45, 2.75) is 43.6 Å². The number of carbonyl (C=O) groups excluding carboxylic acids is 2. The summed E-state index contributed by atoms with van der Waals surface area (Å²) >= 11 is 6.48. The van der Waals surface area contributed by atoms with Crippen molar-refractivity contribution in [2.24, 2.45) is 5.92 Å². The molecule has 3 atom stereocenters. The van der Waals surface area contributed by atoms with Crippen LogP contribution in [0.25, 0.3) is 10.8 Å². The fourth-order valence-corrected chi connectivity index (χ4v) is 6.33. The number of imide groups is 1. The number of rotatable bonds is 4. The van der Waals surface area contributed by atoms with Gasteiger partial charge in [0.2, 0.25) is 5.91 Å². The summed E-state index contributed by atoms with van der Waals surface area (Å²) in [4.78, 5) is 34.1. The Hall–Kier alpha value is -3.46. The average molecular weight is 541 g/mol. The molecular weight excluding hydrogens is 514 g/mol. The van der Waals surface area contributed by atoms with Crippen molar-refractivity contribution in [3.05, 3.63) is 59.4 Å². The third-order valence-electron chi connectivity index (χ3n) is 8.04. The van der Waals surface area contributed by atoms with Gasteiger partial charge in [0.15, 0.2) is 0 Å². The van der Waals surface area contributed by atoms with Crippen molar-refractivity contribution < 1.29 is 23.1 Å². The molecule has 1 N–H and O–H groups in total. The van der Waals surface area contributed by atoms with Crippen LogP contribution in [0.4, 0.5) is 25.0 Å². The van der Waals surface area contributed by atoms with E-state index in [2.05, 4.69) is 10.3 Å². The molecule has 3 aliphatic rings. The molecule has 2 saturated heterocycles. The highest BCUT2D eigenvalue weighted by atomic mass is 35.5. The molecule has 198 valence electrons. The Morgan fingerprint density at radius 1 is 1.13 bits per heavy atom. The predicted octanol–water partition coefficient (Wildman–Crippen LogP) is 5.75. The van der Waals surface area contributed by atoms with Gasteiger partial charge in [-0.15, -0.1) is 0 Å². The highest BCUT2D eigenvalue weighted by molar-refractivity contribution is 6.31. The Bertz CT molecular complexity index is 1430. The molecule has 3 heterocycles. The quantitative estimate of drug-likeness (QED) is 0.456. The van der Waals surface area contributed by atoms with Crippen LogP contribution in [-0.4, -0.2) is 49.1 Å². The number of hydrogen-bond donors (Lipinski definition) is 1. The molecule has 3 amide bonds. The number of methoxy groups -OCH3 is 1. The molecule has 0 spiro atoms.